The number of hydrogen-bond donors (Lipinski definition) is 5. The summed E-state index contributed by atoms with van der Waals surface area (Å²) in [5.41, 5.74) is 0. The van der Waals surface area contributed by atoms with Crippen molar-refractivity contribution in [2.24, 2.45) is 0 Å². The zero-order valence-electron chi connectivity index (χ0n) is 8.18. The third-order valence-electron chi connectivity index (χ3n) is 0.894. The van der Waals surface area contributed by atoms with E-state index in [-0.39, 0.29) is 41.5 Å². The van der Waals surface area contributed by atoms with E-state index >= 15 is 0 Å². The van der Waals surface area contributed by atoms with Crippen LogP contribution in [0.5, 0.6) is 0 Å². The fraction of sp³-hybridized carbons (Fsp3) is 1.00. The predicted molar refractivity (Wildman–Crippen MR) is 41.7 cm³/mol. The second kappa shape index (κ2) is 14.2. The van der Waals surface area contributed by atoms with Crippen LogP contribution in [0.3, 0.4) is 0 Å². The summed E-state index contributed by atoms with van der Waals surface area (Å²) in [5.74, 6) is 0. The van der Waals surface area contributed by atoms with E-state index in [4.69, 9.17) is 21.3 Å². The average molecular weight is 282 g/mol. The summed E-state index contributed by atoms with van der Waals surface area (Å²) in [6, 6.07) is 0. The van der Waals surface area contributed by atoms with Crippen LogP contribution in [-0.2, 0) is 43.2 Å². The largest absolute Gasteiger partial charge is 0.394 e. The first-order chi connectivity index (χ1) is 5.97. The first-order valence-corrected chi connectivity index (χ1v) is 6.74. The molecule has 0 aliphatic carbocycles. The molecule has 0 aromatic rings. The van der Waals surface area contributed by atoms with Crippen molar-refractivity contribution < 1.29 is 64.5 Å². The first-order valence-electron chi connectivity index (χ1n) is 4.00. The van der Waals surface area contributed by atoms with Crippen molar-refractivity contribution in [2.45, 2.75) is 19.8 Å². The molecule has 0 heterocycles. The Morgan fingerprint density at radius 2 is 1.50 bits per heavy atom. The molecular weight excluding hydrogens is 264 g/mol. The van der Waals surface area contributed by atoms with Crippen LogP contribution in [0.2, 0.25) is 0 Å². The molecule has 0 atom stereocenters. The minimum atomic E-state index is -4.63. The quantitative estimate of drug-likeness (QED) is 0.312. The molecule has 86 valence electrons. The minimum absolute atomic E-state index is 0. The summed E-state index contributed by atoms with van der Waals surface area (Å²) in [6.07, 6.45) is 1.66. The van der Waals surface area contributed by atoms with Gasteiger partial charge in [0.05, 0.1) is 13.2 Å². The molecule has 0 aliphatic heterocycles. The van der Waals surface area contributed by atoms with Gasteiger partial charge in [0.2, 0.25) is 0 Å². The zero-order valence-corrected chi connectivity index (χ0v) is 11.3. The summed E-state index contributed by atoms with van der Waals surface area (Å²) >= 11 is -4.63. The molecule has 0 amide bonds. The van der Waals surface area contributed by atoms with Gasteiger partial charge in [0.1, 0.15) is 0 Å². The third kappa shape index (κ3) is 29.2. The molecule has 6 nitrogen and oxygen atoms in total. The average Bonchev–Trinajstić information content (AvgIpc) is 2.03. The second-order valence-electron chi connectivity index (χ2n) is 2.22. The number of hydrogen-bond acceptors (Lipinski definition) is 6. The number of rotatable bonds is 5. The Morgan fingerprint density at radius 1 is 1.07 bits per heavy atom. The molecule has 8 heteroatoms. The van der Waals surface area contributed by atoms with Gasteiger partial charge in [0, 0.05) is 21.7 Å². The van der Waals surface area contributed by atoms with Gasteiger partial charge in [-0.2, -0.15) is 0 Å². The fourth-order valence-electron chi connectivity index (χ4n) is 0.353. The van der Waals surface area contributed by atoms with E-state index < -0.39 is 18.1 Å². The van der Waals surface area contributed by atoms with Gasteiger partial charge in [-0.15, -0.1) is 0 Å². The molecule has 0 unspecified atom stereocenters. The van der Waals surface area contributed by atoms with Gasteiger partial charge in [-0.1, -0.05) is 0 Å². The van der Waals surface area contributed by atoms with Gasteiger partial charge in [-0.05, 0) is 0 Å². The molecule has 0 radical (unpaired) electrons. The molecule has 0 aromatic heterocycles. The molecule has 0 rings (SSSR count). The fourth-order valence-corrected chi connectivity index (χ4v) is 1.01. The van der Waals surface area contributed by atoms with Gasteiger partial charge in [-0.25, -0.2) is 0 Å². The Labute approximate surface area is 104 Å². The predicted octanol–water partition coefficient (Wildman–Crippen LogP) is -1.44. The summed E-state index contributed by atoms with van der Waals surface area (Å²) < 4.78 is 29.3. The van der Waals surface area contributed by atoms with E-state index in [2.05, 4.69) is 3.32 Å². The molecule has 0 fully saturated rings. The normalized spacial score (nSPS) is 9.86. The Balaban J connectivity index is -0.000000209. The maximum Gasteiger partial charge on any atom is 0.0662 e. The van der Waals surface area contributed by atoms with Crippen LogP contribution in [0.4, 0.5) is 0 Å². The number of aliphatic hydroxyl groups is 2. The van der Waals surface area contributed by atoms with Crippen molar-refractivity contribution in [2.75, 3.05) is 19.8 Å². The van der Waals surface area contributed by atoms with Gasteiger partial charge >= 0.3 is 58.9 Å². The Bertz CT molecular complexity index is 94.8. The topological polar surface area (TPSA) is 110 Å². The van der Waals surface area contributed by atoms with E-state index in [9.17, 15) is 0 Å². The Morgan fingerprint density at radius 3 is 1.71 bits per heavy atom. The van der Waals surface area contributed by atoms with Gasteiger partial charge in [0.25, 0.3) is 0 Å². The summed E-state index contributed by atoms with van der Waals surface area (Å²) in [4.78, 5) is 0. The van der Waals surface area contributed by atoms with Crippen LogP contribution >= 0.6 is 0 Å². The molecular formula is C6H18O6Ti2. The van der Waals surface area contributed by atoms with E-state index in [1.807, 2.05) is 6.92 Å². The SMILES string of the molecule is CCCC[O][Ti]([OH])([OH])[OH].OCCO.[Ti]. The maximum atomic E-state index is 8.32. The van der Waals surface area contributed by atoms with Crippen molar-refractivity contribution in [3.05, 3.63) is 0 Å². The Hall–Kier alpha value is 1.19. The van der Waals surface area contributed by atoms with Crippen molar-refractivity contribution in [3.63, 3.8) is 0 Å². The van der Waals surface area contributed by atoms with Crippen LogP contribution in [-0.4, -0.2) is 41.1 Å². The van der Waals surface area contributed by atoms with Crippen molar-refractivity contribution in [3.8, 4) is 0 Å². The molecule has 0 aromatic carbocycles. The monoisotopic (exact) mass is 282 g/mol. The summed E-state index contributed by atoms with van der Waals surface area (Å²) in [7, 11) is 0. The van der Waals surface area contributed by atoms with Crippen LogP contribution in [0.25, 0.3) is 0 Å². The molecule has 0 saturated heterocycles. The molecule has 0 saturated carbocycles. The Kier molecular flexibility index (Phi) is 20.9. The molecule has 0 spiro atoms. The smallest absolute Gasteiger partial charge is 0.0662 e. The molecule has 14 heavy (non-hydrogen) atoms. The molecule has 5 N–H and O–H groups in total. The van der Waals surface area contributed by atoms with Crippen LogP contribution < -0.4 is 0 Å². The van der Waals surface area contributed by atoms with Gasteiger partial charge in [0.15, 0.2) is 0 Å². The zero-order chi connectivity index (χ0) is 10.7. The second-order valence-corrected chi connectivity index (χ2v) is 4.47. The first kappa shape index (κ1) is 20.6. The van der Waals surface area contributed by atoms with E-state index in [1.54, 1.807) is 0 Å². The van der Waals surface area contributed by atoms with E-state index in [0.29, 0.717) is 0 Å². The number of aliphatic hydroxyl groups excluding tert-OH is 2. The molecule has 0 aliphatic rings. The standard InChI is InChI=1S/C4H9O.C2H6O2.3H2O.2Ti/c1-2-3-4-5;3-1-2-4;;;;;/h2-4H2,1H3;3-4H,1-2H2;3*1H2;;/q-1;;;;;;+4/p-3. The molecule has 0 bridgehead atoms. The van der Waals surface area contributed by atoms with Crippen molar-refractivity contribution in [1.29, 1.82) is 0 Å². The van der Waals surface area contributed by atoms with Gasteiger partial charge < -0.3 is 10.2 Å². The summed E-state index contributed by atoms with van der Waals surface area (Å²) in [6.45, 7) is 1.93. The van der Waals surface area contributed by atoms with E-state index in [1.165, 1.54) is 0 Å². The van der Waals surface area contributed by atoms with Crippen LogP contribution in [0, 0.1) is 0 Å². The van der Waals surface area contributed by atoms with Crippen molar-refractivity contribution in [1.82, 2.24) is 0 Å². The third-order valence-corrected chi connectivity index (χ3v) is 1.82. The maximum absolute atomic E-state index is 8.32. The van der Waals surface area contributed by atoms with Crippen LogP contribution in [0.15, 0.2) is 0 Å². The number of unbranched alkanes of at least 4 members (excludes halogenated alkanes) is 1. The van der Waals surface area contributed by atoms with E-state index in [0.717, 1.165) is 12.8 Å². The summed E-state index contributed by atoms with van der Waals surface area (Å²) in [5, 5.41) is 15.2. The minimum Gasteiger partial charge on any atom is -0.394 e. The van der Waals surface area contributed by atoms with Crippen molar-refractivity contribution >= 4 is 0 Å². The van der Waals surface area contributed by atoms with Gasteiger partial charge in [-0.3, -0.25) is 0 Å². The van der Waals surface area contributed by atoms with Crippen LogP contribution in [0.1, 0.15) is 19.8 Å².